The first kappa shape index (κ1) is 10.2. The molecule has 1 heterocycles. The predicted molar refractivity (Wildman–Crippen MR) is 61.2 cm³/mol. The molecule has 0 spiro atoms. The van der Waals surface area contributed by atoms with Crippen LogP contribution in [-0.2, 0) is 9.84 Å². The normalized spacial score (nSPS) is 12.5. The minimum Gasteiger partial charge on any atom is -0.361 e. The molecule has 1 aromatic heterocycles. The van der Waals surface area contributed by atoms with Crippen LogP contribution in [0.3, 0.4) is 0 Å². The van der Waals surface area contributed by atoms with Gasteiger partial charge < -0.3 is 4.98 Å². The zero-order valence-electron chi connectivity index (χ0n) is 8.61. The van der Waals surface area contributed by atoms with Crippen LogP contribution in [0.25, 0.3) is 10.9 Å². The number of benzene rings is 1. The van der Waals surface area contributed by atoms with Crippen LogP contribution in [0.15, 0.2) is 30.5 Å². The van der Waals surface area contributed by atoms with Crippen molar-refractivity contribution in [1.29, 1.82) is 0 Å². The fourth-order valence-corrected chi connectivity index (χ4v) is 2.17. The number of hydrogen-bond acceptors (Lipinski definition) is 2. The molecule has 0 atom stereocenters. The van der Waals surface area contributed by atoms with E-state index in [1.807, 2.05) is 30.5 Å². The first-order chi connectivity index (χ1) is 7.00. The van der Waals surface area contributed by atoms with E-state index in [1.54, 1.807) is 6.92 Å². The highest BCUT2D eigenvalue weighted by molar-refractivity contribution is 7.93. The Balaban J connectivity index is 2.66. The van der Waals surface area contributed by atoms with Crippen molar-refractivity contribution in [3.05, 3.63) is 41.3 Å². The summed E-state index contributed by atoms with van der Waals surface area (Å²) in [5, 5.41) is 1.35. The van der Waals surface area contributed by atoms with Crippen molar-refractivity contribution in [1.82, 2.24) is 4.98 Å². The van der Waals surface area contributed by atoms with E-state index in [1.165, 1.54) is 6.26 Å². The molecule has 2 rings (SSSR count). The van der Waals surface area contributed by atoms with Gasteiger partial charge in [0.1, 0.15) is 5.25 Å². The smallest absolute Gasteiger partial charge is 0.158 e. The van der Waals surface area contributed by atoms with Gasteiger partial charge in [-0.1, -0.05) is 12.1 Å². The van der Waals surface area contributed by atoms with E-state index >= 15 is 0 Å². The Bertz CT molecular complexity index is 583. The van der Waals surface area contributed by atoms with Crippen LogP contribution in [0.1, 0.15) is 12.5 Å². The van der Waals surface area contributed by atoms with Gasteiger partial charge in [0.15, 0.2) is 9.84 Å². The van der Waals surface area contributed by atoms with Crippen molar-refractivity contribution in [2.24, 2.45) is 0 Å². The van der Waals surface area contributed by atoms with E-state index < -0.39 is 9.84 Å². The average molecular weight is 222 g/mol. The van der Waals surface area contributed by atoms with E-state index in [9.17, 15) is 8.42 Å². The average Bonchev–Trinajstić information content (AvgIpc) is 2.62. The molecule has 0 fully saturated rings. The van der Waals surface area contributed by atoms with Gasteiger partial charge in [0.25, 0.3) is 0 Å². The summed E-state index contributed by atoms with van der Waals surface area (Å²) in [6, 6.07) is 7.49. The first-order valence-corrected chi connectivity index (χ1v) is 6.49. The van der Waals surface area contributed by atoms with E-state index in [0.717, 1.165) is 16.5 Å². The minimum absolute atomic E-state index is 0.410. The molecule has 0 amide bonds. The summed E-state index contributed by atoms with van der Waals surface area (Å²) in [5.74, 6) is 0. The maximum Gasteiger partial charge on any atom is 0.158 e. The Morgan fingerprint density at radius 1 is 1.27 bits per heavy atom. The number of aromatic amines is 1. The lowest BCUT2D eigenvalue weighted by molar-refractivity contribution is 0.604. The number of hydrogen-bond donors (Lipinski definition) is 1. The van der Waals surface area contributed by atoms with Gasteiger partial charge in [-0.05, 0) is 24.6 Å². The van der Waals surface area contributed by atoms with Crippen molar-refractivity contribution < 1.29 is 8.42 Å². The summed E-state index contributed by atoms with van der Waals surface area (Å²) in [6.07, 6.45) is 3.04. The molecule has 0 aliphatic carbocycles. The molecule has 0 unspecified atom stereocenters. The summed E-state index contributed by atoms with van der Waals surface area (Å²) >= 11 is 0. The van der Waals surface area contributed by atoms with Gasteiger partial charge in [-0.25, -0.2) is 8.42 Å². The second kappa shape index (κ2) is 3.38. The van der Waals surface area contributed by atoms with Gasteiger partial charge in [0, 0.05) is 23.4 Å². The molecule has 79 valence electrons. The van der Waals surface area contributed by atoms with Crippen molar-refractivity contribution in [2.45, 2.75) is 6.92 Å². The zero-order chi connectivity index (χ0) is 11.1. The van der Waals surface area contributed by atoms with Crippen LogP contribution in [-0.4, -0.2) is 19.7 Å². The molecular weight excluding hydrogens is 210 g/mol. The number of H-pyrrole nitrogens is 1. The van der Waals surface area contributed by atoms with Crippen LogP contribution in [0, 0.1) is 5.25 Å². The highest BCUT2D eigenvalue weighted by atomic mass is 32.2. The van der Waals surface area contributed by atoms with Crippen molar-refractivity contribution in [2.75, 3.05) is 6.26 Å². The lowest BCUT2D eigenvalue weighted by atomic mass is 10.1. The van der Waals surface area contributed by atoms with Crippen LogP contribution >= 0.6 is 0 Å². The van der Waals surface area contributed by atoms with Crippen LogP contribution < -0.4 is 0 Å². The summed E-state index contributed by atoms with van der Waals surface area (Å²) in [5.41, 5.74) is 1.73. The van der Waals surface area contributed by atoms with Crippen molar-refractivity contribution >= 4 is 20.7 Å². The van der Waals surface area contributed by atoms with Gasteiger partial charge >= 0.3 is 0 Å². The summed E-state index contributed by atoms with van der Waals surface area (Å²) in [7, 11) is -3.12. The second-order valence-corrected chi connectivity index (χ2v) is 5.73. The SMILES string of the molecule is C[C](c1cccc2[nH]ccc12)S(C)(=O)=O. The van der Waals surface area contributed by atoms with Crippen LogP contribution in [0.2, 0.25) is 0 Å². The monoisotopic (exact) mass is 222 g/mol. The summed E-state index contributed by atoms with van der Waals surface area (Å²) in [6.45, 7) is 1.64. The van der Waals surface area contributed by atoms with Gasteiger partial charge in [0.05, 0.1) is 0 Å². The molecule has 1 radical (unpaired) electrons. The lowest BCUT2D eigenvalue weighted by Crippen LogP contribution is -2.08. The van der Waals surface area contributed by atoms with Gasteiger partial charge in [-0.3, -0.25) is 0 Å². The summed E-state index contributed by atoms with van der Waals surface area (Å²) < 4.78 is 22.9. The Kier molecular flexibility index (Phi) is 2.31. The third-order valence-corrected chi connectivity index (χ3v) is 3.86. The standard InChI is InChI=1S/C11H12NO2S/c1-8(15(2,13)14)9-4-3-5-11-10(9)6-7-12-11/h3-7,12H,1-2H3. The highest BCUT2D eigenvalue weighted by Gasteiger charge is 2.20. The molecule has 0 saturated heterocycles. The van der Waals surface area contributed by atoms with E-state index in [0.29, 0.717) is 5.25 Å². The third-order valence-electron chi connectivity index (χ3n) is 2.53. The molecule has 1 aromatic carbocycles. The first-order valence-electron chi connectivity index (χ1n) is 4.60. The molecule has 0 aliphatic rings. The van der Waals surface area contributed by atoms with Crippen molar-refractivity contribution in [3.63, 3.8) is 0 Å². The highest BCUT2D eigenvalue weighted by Crippen LogP contribution is 2.27. The number of sulfone groups is 1. The molecule has 1 N–H and O–H groups in total. The molecule has 4 heteroatoms. The van der Waals surface area contributed by atoms with E-state index in [2.05, 4.69) is 4.98 Å². The summed E-state index contributed by atoms with van der Waals surface area (Å²) in [4.78, 5) is 3.06. The fraction of sp³-hybridized carbons (Fsp3) is 0.182. The van der Waals surface area contributed by atoms with Crippen molar-refractivity contribution in [3.8, 4) is 0 Å². The third kappa shape index (κ3) is 1.77. The molecule has 0 bridgehead atoms. The fourth-order valence-electron chi connectivity index (χ4n) is 1.59. The van der Waals surface area contributed by atoms with Gasteiger partial charge in [-0.2, -0.15) is 0 Å². The van der Waals surface area contributed by atoms with E-state index in [-0.39, 0.29) is 0 Å². The topological polar surface area (TPSA) is 49.9 Å². The van der Waals surface area contributed by atoms with Crippen LogP contribution in [0.5, 0.6) is 0 Å². The van der Waals surface area contributed by atoms with E-state index in [4.69, 9.17) is 0 Å². The predicted octanol–water partition coefficient (Wildman–Crippen LogP) is 2.11. The molecule has 2 aromatic rings. The molecule has 0 saturated carbocycles. The quantitative estimate of drug-likeness (QED) is 0.846. The Morgan fingerprint density at radius 3 is 2.67 bits per heavy atom. The number of aromatic nitrogens is 1. The maximum atomic E-state index is 11.4. The maximum absolute atomic E-state index is 11.4. The number of nitrogens with one attached hydrogen (secondary N) is 1. The molecular formula is C11H12NO2S. The zero-order valence-corrected chi connectivity index (χ0v) is 9.43. The Hall–Kier alpha value is -1.29. The Labute approximate surface area is 89.0 Å². The van der Waals surface area contributed by atoms with Crippen LogP contribution in [0.4, 0.5) is 0 Å². The number of fused-ring (bicyclic) bond motifs is 1. The molecule has 3 nitrogen and oxygen atoms in total. The second-order valence-electron chi connectivity index (χ2n) is 3.57. The van der Waals surface area contributed by atoms with Gasteiger partial charge in [0.2, 0.25) is 0 Å². The molecule has 15 heavy (non-hydrogen) atoms. The largest absolute Gasteiger partial charge is 0.361 e. The molecule has 0 aliphatic heterocycles. The Morgan fingerprint density at radius 2 is 2.00 bits per heavy atom. The minimum atomic E-state index is -3.12. The van der Waals surface area contributed by atoms with Gasteiger partial charge in [-0.15, -0.1) is 0 Å². The lowest BCUT2D eigenvalue weighted by Gasteiger charge is -2.09. The number of rotatable bonds is 2.